The highest BCUT2D eigenvalue weighted by molar-refractivity contribution is 5.83. The molecular weight excluding hydrogens is 257 g/mol. The highest BCUT2D eigenvalue weighted by Gasteiger charge is 2.15. The Morgan fingerprint density at radius 2 is 2.10 bits per heavy atom. The molecule has 0 amide bonds. The monoisotopic (exact) mass is 271 g/mol. The van der Waals surface area contributed by atoms with Crippen molar-refractivity contribution in [1.82, 2.24) is 9.97 Å². The van der Waals surface area contributed by atoms with Crippen molar-refractivity contribution in [3.8, 4) is 11.5 Å². The molecule has 102 valence electrons. The molecule has 0 saturated carbocycles. The number of aromatic nitrogens is 2. The Hall–Kier alpha value is -2.43. The number of hydrogen-bond acceptors (Lipinski definition) is 4. The van der Waals surface area contributed by atoms with Crippen molar-refractivity contribution in [3.05, 3.63) is 42.0 Å². The summed E-state index contributed by atoms with van der Waals surface area (Å²) in [7, 11) is 1.82. The third kappa shape index (κ3) is 2.01. The van der Waals surface area contributed by atoms with Crippen LogP contribution in [0.3, 0.4) is 0 Å². The van der Waals surface area contributed by atoms with Crippen molar-refractivity contribution in [2.45, 2.75) is 13.3 Å². The molecule has 3 aromatic rings. The lowest BCUT2D eigenvalue weighted by Gasteiger charge is -2.08. The zero-order valence-electron chi connectivity index (χ0n) is 11.3. The van der Waals surface area contributed by atoms with E-state index in [4.69, 9.17) is 4.42 Å². The number of benzene rings is 1. The average Bonchev–Trinajstić information content (AvgIpc) is 2.88. The van der Waals surface area contributed by atoms with Crippen LogP contribution in [0.2, 0.25) is 0 Å². The van der Waals surface area contributed by atoms with E-state index in [0.29, 0.717) is 11.3 Å². The van der Waals surface area contributed by atoms with E-state index >= 15 is 0 Å². The molecule has 20 heavy (non-hydrogen) atoms. The van der Waals surface area contributed by atoms with Crippen LogP contribution >= 0.6 is 0 Å². The smallest absolute Gasteiger partial charge is 0.154 e. The molecule has 0 saturated heterocycles. The van der Waals surface area contributed by atoms with Crippen molar-refractivity contribution >= 4 is 16.8 Å². The minimum atomic E-state index is -0.279. The van der Waals surface area contributed by atoms with Crippen LogP contribution in [0.25, 0.3) is 22.4 Å². The number of nitrogens with one attached hydrogen (secondary N) is 1. The summed E-state index contributed by atoms with van der Waals surface area (Å²) in [5.41, 5.74) is 2.37. The standard InChI is InChI=1S/C15H14FN3O/c1-3-11-14(18-8-19-15(11)17-2)13-7-9-6-10(16)4-5-12(9)20-13/h4-8H,3H2,1-2H3,(H,17,18,19). The van der Waals surface area contributed by atoms with Crippen LogP contribution in [0.5, 0.6) is 0 Å². The third-order valence-electron chi connectivity index (χ3n) is 3.25. The maximum absolute atomic E-state index is 13.2. The summed E-state index contributed by atoms with van der Waals surface area (Å²) in [5, 5.41) is 3.78. The Labute approximate surface area is 115 Å². The van der Waals surface area contributed by atoms with Gasteiger partial charge in [0.15, 0.2) is 5.76 Å². The molecule has 0 aliphatic heterocycles. The number of halogens is 1. The van der Waals surface area contributed by atoms with E-state index in [1.165, 1.54) is 18.5 Å². The molecule has 0 atom stereocenters. The van der Waals surface area contributed by atoms with E-state index in [1.807, 2.05) is 14.0 Å². The lowest BCUT2D eigenvalue weighted by Crippen LogP contribution is -2.01. The van der Waals surface area contributed by atoms with Gasteiger partial charge in [0.05, 0.1) is 0 Å². The Kier molecular flexibility index (Phi) is 3.10. The number of nitrogens with zero attached hydrogens (tertiary/aromatic N) is 2. The van der Waals surface area contributed by atoms with E-state index < -0.39 is 0 Å². The zero-order valence-corrected chi connectivity index (χ0v) is 11.3. The summed E-state index contributed by atoms with van der Waals surface area (Å²) < 4.78 is 19.0. The van der Waals surface area contributed by atoms with Crippen molar-refractivity contribution < 1.29 is 8.81 Å². The minimum absolute atomic E-state index is 0.279. The van der Waals surface area contributed by atoms with Crippen LogP contribution in [0, 0.1) is 5.82 Å². The van der Waals surface area contributed by atoms with Gasteiger partial charge in [-0.15, -0.1) is 0 Å². The molecule has 0 aliphatic carbocycles. The average molecular weight is 271 g/mol. The van der Waals surface area contributed by atoms with Crippen LogP contribution in [-0.2, 0) is 6.42 Å². The molecule has 1 aromatic carbocycles. The second-order valence-corrected chi connectivity index (χ2v) is 4.45. The number of anilines is 1. The SMILES string of the molecule is CCc1c(NC)ncnc1-c1cc2cc(F)ccc2o1. The summed E-state index contributed by atoms with van der Waals surface area (Å²) in [4.78, 5) is 8.51. The van der Waals surface area contributed by atoms with Gasteiger partial charge in [-0.25, -0.2) is 14.4 Å². The normalized spacial score (nSPS) is 10.9. The van der Waals surface area contributed by atoms with Crippen molar-refractivity contribution in [3.63, 3.8) is 0 Å². The number of rotatable bonds is 3. The van der Waals surface area contributed by atoms with Crippen LogP contribution in [0.4, 0.5) is 10.2 Å². The molecule has 0 radical (unpaired) electrons. The van der Waals surface area contributed by atoms with E-state index in [1.54, 1.807) is 12.1 Å². The van der Waals surface area contributed by atoms with Gasteiger partial charge in [0.25, 0.3) is 0 Å². The van der Waals surface area contributed by atoms with Gasteiger partial charge in [0.2, 0.25) is 0 Å². The van der Waals surface area contributed by atoms with Gasteiger partial charge in [-0.1, -0.05) is 6.92 Å². The third-order valence-corrected chi connectivity index (χ3v) is 3.25. The molecule has 5 heteroatoms. The number of furan rings is 1. The van der Waals surface area contributed by atoms with Gasteiger partial charge < -0.3 is 9.73 Å². The molecule has 0 aliphatic rings. The lowest BCUT2D eigenvalue weighted by atomic mass is 10.1. The fourth-order valence-corrected chi connectivity index (χ4v) is 2.31. The number of hydrogen-bond donors (Lipinski definition) is 1. The van der Waals surface area contributed by atoms with Gasteiger partial charge in [0.1, 0.15) is 29.2 Å². The minimum Gasteiger partial charge on any atom is -0.454 e. The van der Waals surface area contributed by atoms with Crippen LogP contribution in [0.1, 0.15) is 12.5 Å². The van der Waals surface area contributed by atoms with E-state index in [2.05, 4.69) is 15.3 Å². The molecule has 4 nitrogen and oxygen atoms in total. The Bertz CT molecular complexity index is 767. The van der Waals surface area contributed by atoms with Gasteiger partial charge in [-0.2, -0.15) is 0 Å². The molecule has 3 rings (SSSR count). The molecule has 0 spiro atoms. The van der Waals surface area contributed by atoms with E-state index in [9.17, 15) is 4.39 Å². The Morgan fingerprint density at radius 1 is 1.25 bits per heavy atom. The first kappa shape index (κ1) is 12.6. The fraction of sp³-hybridized carbons (Fsp3) is 0.200. The van der Waals surface area contributed by atoms with Crippen LogP contribution in [0.15, 0.2) is 35.0 Å². The summed E-state index contributed by atoms with van der Waals surface area (Å²) in [6.07, 6.45) is 2.27. The predicted octanol–water partition coefficient (Wildman–Crippen LogP) is 3.63. The molecule has 1 N–H and O–H groups in total. The van der Waals surface area contributed by atoms with Crippen molar-refractivity contribution in [2.24, 2.45) is 0 Å². The van der Waals surface area contributed by atoms with E-state index in [0.717, 1.165) is 28.9 Å². The van der Waals surface area contributed by atoms with Crippen LogP contribution in [-0.4, -0.2) is 17.0 Å². The molecular formula is C15H14FN3O. The van der Waals surface area contributed by atoms with Crippen molar-refractivity contribution in [2.75, 3.05) is 12.4 Å². The molecule has 0 bridgehead atoms. The van der Waals surface area contributed by atoms with Gasteiger partial charge in [-0.3, -0.25) is 0 Å². The van der Waals surface area contributed by atoms with Crippen LogP contribution < -0.4 is 5.32 Å². The second kappa shape index (κ2) is 4.92. The summed E-state index contributed by atoms with van der Waals surface area (Å²) >= 11 is 0. The largest absolute Gasteiger partial charge is 0.454 e. The van der Waals surface area contributed by atoms with Gasteiger partial charge in [-0.05, 0) is 30.7 Å². The zero-order chi connectivity index (χ0) is 14.1. The second-order valence-electron chi connectivity index (χ2n) is 4.45. The fourth-order valence-electron chi connectivity index (χ4n) is 2.31. The Morgan fingerprint density at radius 3 is 2.85 bits per heavy atom. The van der Waals surface area contributed by atoms with Gasteiger partial charge >= 0.3 is 0 Å². The number of fused-ring (bicyclic) bond motifs is 1. The maximum Gasteiger partial charge on any atom is 0.154 e. The maximum atomic E-state index is 13.2. The van der Waals surface area contributed by atoms with E-state index in [-0.39, 0.29) is 5.82 Å². The Balaban J connectivity index is 2.20. The summed E-state index contributed by atoms with van der Waals surface area (Å²) in [5.74, 6) is 1.13. The first-order chi connectivity index (χ1) is 9.72. The van der Waals surface area contributed by atoms with Gasteiger partial charge in [0, 0.05) is 18.0 Å². The quantitative estimate of drug-likeness (QED) is 0.790. The topological polar surface area (TPSA) is 51.0 Å². The van der Waals surface area contributed by atoms with Crippen molar-refractivity contribution in [1.29, 1.82) is 0 Å². The lowest BCUT2D eigenvalue weighted by molar-refractivity contribution is 0.617. The molecule has 2 aromatic heterocycles. The first-order valence-corrected chi connectivity index (χ1v) is 6.44. The molecule has 0 unspecified atom stereocenters. The predicted molar refractivity (Wildman–Crippen MR) is 76.1 cm³/mol. The summed E-state index contributed by atoms with van der Waals surface area (Å²) in [6, 6.07) is 6.27. The highest BCUT2D eigenvalue weighted by Crippen LogP contribution is 2.31. The molecule has 2 heterocycles. The molecule has 0 fully saturated rings. The first-order valence-electron chi connectivity index (χ1n) is 6.44. The summed E-state index contributed by atoms with van der Waals surface area (Å²) in [6.45, 7) is 2.03. The highest BCUT2D eigenvalue weighted by atomic mass is 19.1.